The van der Waals surface area contributed by atoms with Crippen molar-refractivity contribution in [1.82, 2.24) is 15.1 Å². The van der Waals surface area contributed by atoms with Crippen molar-refractivity contribution in [3.8, 4) is 0 Å². The Labute approximate surface area is 131 Å². The molecule has 3 unspecified atom stereocenters. The SMILES string of the molecule is CCC1NC(c2cccs2)N(CC(C)N(C)C2CC2)C1=O. The standard InChI is InChI=1S/C16H25N3OS/c1-4-13-16(20)19(10-11(2)18(3)12-7-8-12)15(17-13)14-6-5-9-21-14/h5-6,9,11-13,15,17H,4,7-8,10H2,1-3H3. The maximum atomic E-state index is 12.6. The molecule has 1 amide bonds. The normalized spacial score (nSPS) is 27.6. The van der Waals surface area contributed by atoms with E-state index in [0.717, 1.165) is 19.0 Å². The lowest BCUT2D eigenvalue weighted by atomic mass is 10.2. The average molecular weight is 307 g/mol. The first-order valence-electron chi connectivity index (χ1n) is 7.93. The molecule has 2 heterocycles. The van der Waals surface area contributed by atoms with Crippen molar-refractivity contribution >= 4 is 17.2 Å². The molecule has 2 fully saturated rings. The highest BCUT2D eigenvalue weighted by Crippen LogP contribution is 2.32. The largest absolute Gasteiger partial charge is 0.319 e. The minimum absolute atomic E-state index is 0.0319. The van der Waals surface area contributed by atoms with Crippen molar-refractivity contribution in [2.45, 2.75) is 57.4 Å². The number of thiophene rings is 1. The van der Waals surface area contributed by atoms with Gasteiger partial charge in [0.2, 0.25) is 5.91 Å². The molecule has 116 valence electrons. The van der Waals surface area contributed by atoms with Gasteiger partial charge in [0.15, 0.2) is 0 Å². The van der Waals surface area contributed by atoms with Crippen LogP contribution in [0.15, 0.2) is 17.5 Å². The molecule has 1 aliphatic heterocycles. The molecular weight excluding hydrogens is 282 g/mol. The number of carbonyl (C=O) groups excluding carboxylic acids is 1. The third-order valence-corrected chi connectivity index (χ3v) is 5.68. The van der Waals surface area contributed by atoms with Crippen LogP contribution in [0.4, 0.5) is 0 Å². The van der Waals surface area contributed by atoms with Gasteiger partial charge in [-0.25, -0.2) is 0 Å². The summed E-state index contributed by atoms with van der Waals surface area (Å²) in [6, 6.07) is 5.28. The molecule has 0 spiro atoms. The minimum atomic E-state index is -0.0319. The van der Waals surface area contributed by atoms with Gasteiger partial charge in [-0.1, -0.05) is 13.0 Å². The van der Waals surface area contributed by atoms with Crippen molar-refractivity contribution in [3.63, 3.8) is 0 Å². The number of hydrogen-bond acceptors (Lipinski definition) is 4. The molecule has 2 aliphatic rings. The Hall–Kier alpha value is -0.910. The van der Waals surface area contributed by atoms with Crippen LogP contribution in [0.3, 0.4) is 0 Å². The molecule has 1 N–H and O–H groups in total. The number of carbonyl (C=O) groups is 1. The van der Waals surface area contributed by atoms with Crippen LogP contribution in [0.5, 0.6) is 0 Å². The highest BCUT2D eigenvalue weighted by atomic mass is 32.1. The highest BCUT2D eigenvalue weighted by Gasteiger charge is 2.40. The number of likely N-dealkylation sites (N-methyl/N-ethyl adjacent to an activating group) is 1. The summed E-state index contributed by atoms with van der Waals surface area (Å²) in [6.07, 6.45) is 3.51. The van der Waals surface area contributed by atoms with Crippen LogP contribution in [0.2, 0.25) is 0 Å². The molecule has 1 aliphatic carbocycles. The Morgan fingerprint density at radius 2 is 2.29 bits per heavy atom. The van der Waals surface area contributed by atoms with Crippen LogP contribution in [0.25, 0.3) is 0 Å². The molecule has 4 nitrogen and oxygen atoms in total. The molecule has 1 saturated heterocycles. The van der Waals surface area contributed by atoms with E-state index in [9.17, 15) is 4.79 Å². The zero-order valence-electron chi connectivity index (χ0n) is 13.1. The second-order valence-electron chi connectivity index (χ2n) is 6.28. The molecule has 0 bridgehead atoms. The van der Waals surface area contributed by atoms with Crippen LogP contribution >= 0.6 is 11.3 Å². The topological polar surface area (TPSA) is 35.6 Å². The Bertz CT molecular complexity index is 486. The third kappa shape index (κ3) is 3.00. The van der Waals surface area contributed by atoms with Gasteiger partial charge in [-0.3, -0.25) is 15.0 Å². The molecule has 0 radical (unpaired) electrons. The maximum Gasteiger partial charge on any atom is 0.241 e. The number of nitrogens with zero attached hydrogens (tertiary/aromatic N) is 2. The van der Waals surface area contributed by atoms with E-state index in [2.05, 4.69) is 48.6 Å². The van der Waals surface area contributed by atoms with Crippen LogP contribution in [0.1, 0.15) is 44.2 Å². The maximum absolute atomic E-state index is 12.6. The molecular formula is C16H25N3OS. The van der Waals surface area contributed by atoms with E-state index in [1.54, 1.807) is 11.3 Å². The average Bonchev–Trinajstić information content (AvgIpc) is 3.10. The quantitative estimate of drug-likeness (QED) is 0.877. The van der Waals surface area contributed by atoms with Gasteiger partial charge in [-0.15, -0.1) is 11.3 Å². The van der Waals surface area contributed by atoms with Crippen molar-refractivity contribution in [2.24, 2.45) is 0 Å². The second-order valence-corrected chi connectivity index (χ2v) is 7.26. The number of nitrogens with one attached hydrogen (secondary N) is 1. The monoisotopic (exact) mass is 307 g/mol. The Kier molecular flexibility index (Phi) is 4.33. The van der Waals surface area contributed by atoms with E-state index in [0.29, 0.717) is 6.04 Å². The predicted molar refractivity (Wildman–Crippen MR) is 86.2 cm³/mol. The summed E-state index contributed by atoms with van der Waals surface area (Å²) in [5.41, 5.74) is 0. The molecule has 3 atom stereocenters. The fourth-order valence-corrected chi connectivity index (χ4v) is 3.90. The van der Waals surface area contributed by atoms with Crippen LogP contribution < -0.4 is 5.32 Å². The summed E-state index contributed by atoms with van der Waals surface area (Å²) in [5, 5.41) is 5.58. The highest BCUT2D eigenvalue weighted by molar-refractivity contribution is 7.10. The summed E-state index contributed by atoms with van der Waals surface area (Å²) in [6.45, 7) is 5.11. The fraction of sp³-hybridized carbons (Fsp3) is 0.688. The van der Waals surface area contributed by atoms with Crippen LogP contribution in [-0.2, 0) is 4.79 Å². The van der Waals surface area contributed by atoms with Crippen molar-refractivity contribution < 1.29 is 4.79 Å². The van der Waals surface area contributed by atoms with E-state index < -0.39 is 0 Å². The zero-order valence-corrected chi connectivity index (χ0v) is 13.9. The summed E-state index contributed by atoms with van der Waals surface area (Å²) < 4.78 is 0. The Balaban J connectivity index is 1.74. The van der Waals surface area contributed by atoms with E-state index in [1.165, 1.54) is 17.7 Å². The smallest absolute Gasteiger partial charge is 0.241 e. The summed E-state index contributed by atoms with van der Waals surface area (Å²) >= 11 is 1.72. The van der Waals surface area contributed by atoms with E-state index in [4.69, 9.17) is 0 Å². The zero-order chi connectivity index (χ0) is 15.0. The Morgan fingerprint density at radius 1 is 1.52 bits per heavy atom. The van der Waals surface area contributed by atoms with Gasteiger partial charge >= 0.3 is 0 Å². The third-order valence-electron chi connectivity index (χ3n) is 4.75. The van der Waals surface area contributed by atoms with Crippen molar-refractivity contribution in [1.29, 1.82) is 0 Å². The lowest BCUT2D eigenvalue weighted by Gasteiger charge is -2.31. The molecule has 1 aromatic rings. The lowest BCUT2D eigenvalue weighted by molar-refractivity contribution is -0.130. The first-order chi connectivity index (χ1) is 10.1. The van der Waals surface area contributed by atoms with Gasteiger partial charge in [0.1, 0.15) is 6.17 Å². The van der Waals surface area contributed by atoms with Gasteiger partial charge in [-0.2, -0.15) is 0 Å². The molecule has 21 heavy (non-hydrogen) atoms. The van der Waals surface area contributed by atoms with Gasteiger partial charge in [0.25, 0.3) is 0 Å². The first kappa shape index (κ1) is 15.0. The summed E-state index contributed by atoms with van der Waals surface area (Å²) in [4.78, 5) is 18.3. The number of hydrogen-bond donors (Lipinski definition) is 1. The van der Waals surface area contributed by atoms with E-state index in [1.807, 2.05) is 4.90 Å². The molecule has 5 heteroatoms. The van der Waals surface area contributed by atoms with Gasteiger partial charge in [0.05, 0.1) is 6.04 Å². The second kappa shape index (κ2) is 6.07. The molecule has 1 saturated carbocycles. The van der Waals surface area contributed by atoms with Crippen LogP contribution in [0, 0.1) is 0 Å². The minimum Gasteiger partial charge on any atom is -0.319 e. The molecule has 3 rings (SSSR count). The molecule has 0 aromatic carbocycles. The van der Waals surface area contributed by atoms with Gasteiger partial charge in [0, 0.05) is 23.5 Å². The van der Waals surface area contributed by atoms with Crippen molar-refractivity contribution in [2.75, 3.05) is 13.6 Å². The van der Waals surface area contributed by atoms with E-state index >= 15 is 0 Å². The summed E-state index contributed by atoms with van der Waals surface area (Å²) in [5.74, 6) is 0.256. The van der Waals surface area contributed by atoms with Crippen molar-refractivity contribution in [3.05, 3.63) is 22.4 Å². The number of rotatable bonds is 6. The van der Waals surface area contributed by atoms with E-state index in [-0.39, 0.29) is 18.1 Å². The first-order valence-corrected chi connectivity index (χ1v) is 8.81. The fourth-order valence-electron chi connectivity index (χ4n) is 3.10. The lowest BCUT2D eigenvalue weighted by Crippen LogP contribution is -2.43. The van der Waals surface area contributed by atoms with Crippen LogP contribution in [-0.4, -0.2) is 47.4 Å². The predicted octanol–water partition coefficient (Wildman–Crippen LogP) is 2.44. The van der Waals surface area contributed by atoms with Gasteiger partial charge in [-0.05, 0) is 44.7 Å². The number of amides is 1. The Morgan fingerprint density at radius 3 is 2.86 bits per heavy atom. The van der Waals surface area contributed by atoms with Gasteiger partial charge < -0.3 is 4.90 Å². The molecule has 1 aromatic heterocycles. The summed E-state index contributed by atoms with van der Waals surface area (Å²) in [7, 11) is 2.19.